The first kappa shape index (κ1) is 15.9. The van der Waals surface area contributed by atoms with Crippen LogP contribution in [0, 0.1) is 11.8 Å². The molecule has 3 rings (SSSR count). The molecule has 3 nitrogen and oxygen atoms in total. The largest absolute Gasteiger partial charge is 0.446 e. The minimum Gasteiger partial charge on any atom is -0.446 e. The van der Waals surface area contributed by atoms with E-state index in [2.05, 4.69) is 5.32 Å². The van der Waals surface area contributed by atoms with Gasteiger partial charge in [0.05, 0.1) is 10.0 Å². The zero-order valence-corrected chi connectivity index (χ0v) is 14.0. The van der Waals surface area contributed by atoms with E-state index in [0.29, 0.717) is 15.7 Å². The Kier molecular flexibility index (Phi) is 5.14. The van der Waals surface area contributed by atoms with Gasteiger partial charge in [-0.1, -0.05) is 48.9 Å². The van der Waals surface area contributed by atoms with Crippen molar-refractivity contribution in [3.8, 4) is 0 Å². The monoisotopic (exact) mass is 341 g/mol. The molecule has 0 spiro atoms. The third-order valence-corrected chi connectivity index (χ3v) is 5.67. The van der Waals surface area contributed by atoms with Gasteiger partial charge in [0.1, 0.15) is 6.10 Å². The first-order chi connectivity index (χ1) is 10.6. The summed E-state index contributed by atoms with van der Waals surface area (Å²) in [6, 6.07) is 5.00. The molecule has 0 bridgehead atoms. The number of carbonyl (C=O) groups excluding carboxylic acids is 1. The molecule has 1 aromatic carbocycles. The SMILES string of the molecule is O=C(Nc1ccc(Cl)c(Cl)c1)O[C@@H]1CC[C@H]2CCCC[C@H]2C1. The highest BCUT2D eigenvalue weighted by Gasteiger charge is 2.33. The van der Waals surface area contributed by atoms with Gasteiger partial charge < -0.3 is 4.74 Å². The van der Waals surface area contributed by atoms with Gasteiger partial charge in [-0.3, -0.25) is 5.32 Å². The van der Waals surface area contributed by atoms with Gasteiger partial charge in [0, 0.05) is 5.69 Å². The Labute approximate surface area is 141 Å². The Bertz CT molecular complexity index is 549. The van der Waals surface area contributed by atoms with Gasteiger partial charge in [-0.05, 0) is 49.3 Å². The molecule has 0 unspecified atom stereocenters. The van der Waals surface area contributed by atoms with Gasteiger partial charge in [0.15, 0.2) is 0 Å². The second kappa shape index (κ2) is 7.10. The van der Waals surface area contributed by atoms with E-state index in [1.807, 2.05) is 0 Å². The molecule has 5 heteroatoms. The van der Waals surface area contributed by atoms with Crippen LogP contribution in [0.3, 0.4) is 0 Å². The molecule has 2 aliphatic rings. The normalized spacial score (nSPS) is 27.8. The Morgan fingerprint density at radius 3 is 2.59 bits per heavy atom. The highest BCUT2D eigenvalue weighted by molar-refractivity contribution is 6.42. The summed E-state index contributed by atoms with van der Waals surface area (Å²) in [4.78, 5) is 12.0. The van der Waals surface area contributed by atoms with Crippen LogP contribution in [0.25, 0.3) is 0 Å². The summed E-state index contributed by atoms with van der Waals surface area (Å²) >= 11 is 11.8. The van der Waals surface area contributed by atoms with Crippen LogP contribution in [0.1, 0.15) is 44.9 Å². The lowest BCUT2D eigenvalue weighted by Crippen LogP contribution is -2.33. The molecule has 22 heavy (non-hydrogen) atoms. The average molecular weight is 342 g/mol. The van der Waals surface area contributed by atoms with Gasteiger partial charge in [-0.15, -0.1) is 0 Å². The summed E-state index contributed by atoms with van der Waals surface area (Å²) in [6.07, 6.45) is 8.16. The fraction of sp³-hybridized carbons (Fsp3) is 0.588. The molecule has 0 saturated heterocycles. The molecule has 0 radical (unpaired) electrons. The van der Waals surface area contributed by atoms with E-state index in [9.17, 15) is 4.79 Å². The number of halogens is 2. The number of carbonyl (C=O) groups is 1. The third-order valence-electron chi connectivity index (χ3n) is 4.93. The molecule has 3 atom stereocenters. The van der Waals surface area contributed by atoms with Crippen LogP contribution in [0.15, 0.2) is 18.2 Å². The van der Waals surface area contributed by atoms with Crippen LogP contribution < -0.4 is 5.32 Å². The van der Waals surface area contributed by atoms with Crippen LogP contribution in [0.2, 0.25) is 10.0 Å². The lowest BCUT2D eigenvalue weighted by atomic mass is 9.70. The number of amides is 1. The van der Waals surface area contributed by atoms with Crippen molar-refractivity contribution in [2.75, 3.05) is 5.32 Å². The van der Waals surface area contributed by atoms with Gasteiger partial charge in [-0.2, -0.15) is 0 Å². The van der Waals surface area contributed by atoms with Crippen molar-refractivity contribution in [1.29, 1.82) is 0 Å². The van der Waals surface area contributed by atoms with Crippen LogP contribution in [0.5, 0.6) is 0 Å². The predicted molar refractivity (Wildman–Crippen MR) is 89.7 cm³/mol. The highest BCUT2D eigenvalue weighted by Crippen LogP contribution is 2.41. The van der Waals surface area contributed by atoms with Crippen molar-refractivity contribution in [1.82, 2.24) is 0 Å². The summed E-state index contributed by atoms with van der Waals surface area (Å²) in [6.45, 7) is 0. The molecule has 1 N–H and O–H groups in total. The van der Waals surface area contributed by atoms with Crippen molar-refractivity contribution in [3.05, 3.63) is 28.2 Å². The number of rotatable bonds is 2. The first-order valence-corrected chi connectivity index (χ1v) is 8.80. The zero-order valence-electron chi connectivity index (χ0n) is 12.5. The molecule has 2 saturated carbocycles. The van der Waals surface area contributed by atoms with E-state index >= 15 is 0 Å². The van der Waals surface area contributed by atoms with Crippen molar-refractivity contribution >= 4 is 35.0 Å². The Morgan fingerprint density at radius 2 is 1.82 bits per heavy atom. The predicted octanol–water partition coefficient (Wildman–Crippen LogP) is 5.90. The minimum atomic E-state index is -0.405. The number of anilines is 1. The van der Waals surface area contributed by atoms with Crippen LogP contribution in [-0.2, 0) is 4.74 Å². The lowest BCUT2D eigenvalue weighted by molar-refractivity contribution is 0.0339. The number of fused-ring (bicyclic) bond motifs is 1. The van der Waals surface area contributed by atoms with Gasteiger partial charge >= 0.3 is 6.09 Å². The summed E-state index contributed by atoms with van der Waals surface area (Å²) in [5, 5.41) is 3.61. The number of hydrogen-bond acceptors (Lipinski definition) is 2. The molecule has 2 aliphatic carbocycles. The minimum absolute atomic E-state index is 0.0436. The fourth-order valence-corrected chi connectivity index (χ4v) is 4.11. The second-order valence-corrected chi connectivity index (χ2v) is 7.21. The van der Waals surface area contributed by atoms with Crippen molar-refractivity contribution in [3.63, 3.8) is 0 Å². The van der Waals surface area contributed by atoms with Gasteiger partial charge in [0.2, 0.25) is 0 Å². The quantitative estimate of drug-likeness (QED) is 0.726. The summed E-state index contributed by atoms with van der Waals surface area (Å²) in [5.74, 6) is 1.59. The van der Waals surface area contributed by atoms with Gasteiger partial charge in [0.25, 0.3) is 0 Å². The maximum absolute atomic E-state index is 12.0. The molecule has 0 aliphatic heterocycles. The van der Waals surface area contributed by atoms with Crippen LogP contribution in [0.4, 0.5) is 10.5 Å². The van der Waals surface area contributed by atoms with Crippen LogP contribution >= 0.6 is 23.2 Å². The van der Waals surface area contributed by atoms with Crippen LogP contribution in [-0.4, -0.2) is 12.2 Å². The zero-order chi connectivity index (χ0) is 15.5. The van der Waals surface area contributed by atoms with Gasteiger partial charge in [-0.25, -0.2) is 4.79 Å². The van der Waals surface area contributed by atoms with E-state index < -0.39 is 6.09 Å². The molecule has 120 valence electrons. The van der Waals surface area contributed by atoms with Crippen molar-refractivity contribution in [2.45, 2.75) is 51.0 Å². The number of hydrogen-bond donors (Lipinski definition) is 1. The molecule has 0 heterocycles. The molecule has 2 fully saturated rings. The van der Waals surface area contributed by atoms with E-state index in [1.54, 1.807) is 18.2 Å². The Balaban J connectivity index is 1.52. The molecule has 1 aromatic rings. The van der Waals surface area contributed by atoms with Crippen molar-refractivity contribution < 1.29 is 9.53 Å². The Morgan fingerprint density at radius 1 is 1.05 bits per heavy atom. The summed E-state index contributed by atoms with van der Waals surface area (Å²) < 4.78 is 5.59. The van der Waals surface area contributed by atoms with E-state index in [-0.39, 0.29) is 6.10 Å². The lowest BCUT2D eigenvalue weighted by Gasteiger charge is -2.38. The highest BCUT2D eigenvalue weighted by atomic mass is 35.5. The summed E-state index contributed by atoms with van der Waals surface area (Å²) in [7, 11) is 0. The van der Waals surface area contributed by atoms with E-state index in [1.165, 1.54) is 32.1 Å². The Hall–Kier alpha value is -0.930. The maximum atomic E-state index is 12.0. The second-order valence-electron chi connectivity index (χ2n) is 6.40. The average Bonchev–Trinajstić information content (AvgIpc) is 2.51. The molecular formula is C17H21Cl2NO2. The molecule has 1 amide bonds. The fourth-order valence-electron chi connectivity index (χ4n) is 3.81. The maximum Gasteiger partial charge on any atom is 0.411 e. The third kappa shape index (κ3) is 3.88. The molecular weight excluding hydrogens is 321 g/mol. The van der Waals surface area contributed by atoms with E-state index in [0.717, 1.165) is 24.7 Å². The first-order valence-electron chi connectivity index (χ1n) is 8.04. The smallest absolute Gasteiger partial charge is 0.411 e. The topological polar surface area (TPSA) is 38.3 Å². The number of benzene rings is 1. The standard InChI is InChI=1S/C17H21Cl2NO2/c18-15-8-6-13(10-16(15)19)20-17(21)22-14-7-5-11-3-1-2-4-12(11)9-14/h6,8,10-12,14H,1-5,7,9H2,(H,20,21)/t11-,12+,14-/m1/s1. The number of nitrogens with one attached hydrogen (secondary N) is 1. The van der Waals surface area contributed by atoms with Crippen molar-refractivity contribution in [2.24, 2.45) is 11.8 Å². The van der Waals surface area contributed by atoms with E-state index in [4.69, 9.17) is 27.9 Å². The summed E-state index contributed by atoms with van der Waals surface area (Å²) in [5.41, 5.74) is 0.603. The number of ether oxygens (including phenoxy) is 1. The molecule has 0 aromatic heterocycles.